The highest BCUT2D eigenvalue weighted by Crippen LogP contribution is 2.22. The van der Waals surface area contributed by atoms with Crippen LogP contribution in [0.3, 0.4) is 0 Å². The second-order valence-electron chi connectivity index (χ2n) is 3.17. The van der Waals surface area contributed by atoms with E-state index in [1.54, 1.807) is 6.92 Å². The van der Waals surface area contributed by atoms with Crippen molar-refractivity contribution in [3.8, 4) is 0 Å². The van der Waals surface area contributed by atoms with Gasteiger partial charge in [0.2, 0.25) is 19.1 Å². The number of hydrogen-bond donors (Lipinski definition) is 0. The van der Waals surface area contributed by atoms with Gasteiger partial charge in [0.1, 0.15) is 0 Å². The van der Waals surface area contributed by atoms with Gasteiger partial charge in [0.15, 0.2) is 0 Å². The Labute approximate surface area is 88.5 Å². The first kappa shape index (κ1) is 12.2. The van der Waals surface area contributed by atoms with Gasteiger partial charge in [-0.1, -0.05) is 6.92 Å². The molecule has 1 atom stereocenters. The minimum atomic E-state index is -3.63. The Morgan fingerprint density at radius 2 is 2.07 bits per heavy atom. The Morgan fingerprint density at radius 3 is 2.50 bits per heavy atom. The van der Waals surface area contributed by atoms with Gasteiger partial charge in [0, 0.05) is 23.3 Å². The maximum Gasteiger partial charge on any atom is 0.234 e. The normalized spacial score (nSPS) is 28.0. The van der Waals surface area contributed by atoms with Crippen molar-refractivity contribution in [1.29, 1.82) is 0 Å². The lowest BCUT2D eigenvalue weighted by molar-refractivity contribution is 0.379. The molecule has 0 spiro atoms. The smallest absolute Gasteiger partial charge is 0.212 e. The molecular weight excluding hydrogens is 250 g/mol. The number of nitrogens with zero attached hydrogens (tertiary/aromatic N) is 1. The van der Waals surface area contributed by atoms with Gasteiger partial charge in [0.05, 0.1) is 11.5 Å². The van der Waals surface area contributed by atoms with Crippen LogP contribution in [-0.4, -0.2) is 45.2 Å². The molecule has 0 amide bonds. The molecule has 14 heavy (non-hydrogen) atoms. The molecule has 1 saturated heterocycles. The molecule has 5 nitrogen and oxygen atoms in total. The minimum absolute atomic E-state index is 0.0118. The van der Waals surface area contributed by atoms with E-state index in [2.05, 4.69) is 0 Å². The van der Waals surface area contributed by atoms with E-state index in [1.807, 2.05) is 0 Å². The van der Waals surface area contributed by atoms with Crippen LogP contribution in [0.4, 0.5) is 0 Å². The summed E-state index contributed by atoms with van der Waals surface area (Å²) in [4.78, 5) is 0. The molecule has 0 saturated carbocycles. The van der Waals surface area contributed by atoms with Gasteiger partial charge in [-0.15, -0.1) is 0 Å². The van der Waals surface area contributed by atoms with Gasteiger partial charge >= 0.3 is 0 Å². The van der Waals surface area contributed by atoms with Crippen molar-refractivity contribution in [3.05, 3.63) is 0 Å². The number of sulfonamides is 1. The minimum Gasteiger partial charge on any atom is -0.212 e. The number of halogens is 1. The highest BCUT2D eigenvalue weighted by Gasteiger charge is 2.37. The molecule has 0 aromatic heterocycles. The third kappa shape index (κ3) is 2.82. The van der Waals surface area contributed by atoms with E-state index in [1.165, 1.54) is 4.31 Å². The molecule has 0 aliphatic carbocycles. The average molecular weight is 262 g/mol. The average Bonchev–Trinajstić information content (AvgIpc) is 2.23. The largest absolute Gasteiger partial charge is 0.234 e. The SMILES string of the molecule is CCN1C(CS(=O)(=O)Cl)CCS1(=O)=O. The topological polar surface area (TPSA) is 71.5 Å². The quantitative estimate of drug-likeness (QED) is 0.670. The van der Waals surface area contributed by atoms with Gasteiger partial charge in [0.25, 0.3) is 0 Å². The van der Waals surface area contributed by atoms with Crippen molar-refractivity contribution in [2.75, 3.05) is 18.1 Å². The van der Waals surface area contributed by atoms with Gasteiger partial charge in [-0.25, -0.2) is 16.8 Å². The molecule has 0 bridgehead atoms. The van der Waals surface area contributed by atoms with Crippen LogP contribution in [0, 0.1) is 0 Å². The lowest BCUT2D eigenvalue weighted by Gasteiger charge is -2.19. The van der Waals surface area contributed by atoms with E-state index < -0.39 is 25.1 Å². The van der Waals surface area contributed by atoms with Gasteiger partial charge < -0.3 is 0 Å². The highest BCUT2D eigenvalue weighted by molar-refractivity contribution is 8.13. The molecule has 1 aliphatic rings. The maximum atomic E-state index is 11.4. The molecule has 0 aromatic carbocycles. The van der Waals surface area contributed by atoms with Crippen LogP contribution >= 0.6 is 10.7 Å². The molecule has 84 valence electrons. The second kappa shape index (κ2) is 3.96. The van der Waals surface area contributed by atoms with Gasteiger partial charge in [-0.2, -0.15) is 4.31 Å². The van der Waals surface area contributed by atoms with E-state index in [0.717, 1.165) is 0 Å². The summed E-state index contributed by atoms with van der Waals surface area (Å²) in [5, 5.41) is 0. The van der Waals surface area contributed by atoms with Crippen molar-refractivity contribution >= 4 is 29.8 Å². The summed E-state index contributed by atoms with van der Waals surface area (Å²) in [5.41, 5.74) is 0. The molecule has 8 heteroatoms. The van der Waals surface area contributed by atoms with Gasteiger partial charge in [-0.05, 0) is 6.42 Å². The molecule has 1 unspecified atom stereocenters. The first-order valence-electron chi connectivity index (χ1n) is 4.18. The zero-order valence-corrected chi connectivity index (χ0v) is 10.1. The first-order chi connectivity index (χ1) is 6.26. The molecule has 1 heterocycles. The zero-order chi connectivity index (χ0) is 11.0. The predicted molar refractivity (Wildman–Crippen MR) is 54.2 cm³/mol. The van der Waals surface area contributed by atoms with Crippen LogP contribution in [0.1, 0.15) is 13.3 Å². The zero-order valence-electron chi connectivity index (χ0n) is 7.68. The Morgan fingerprint density at radius 1 is 1.50 bits per heavy atom. The van der Waals surface area contributed by atoms with E-state index in [4.69, 9.17) is 10.7 Å². The Hall–Kier alpha value is 0.150. The molecule has 0 N–H and O–H groups in total. The van der Waals surface area contributed by atoms with Crippen LogP contribution in [0.5, 0.6) is 0 Å². The van der Waals surface area contributed by atoms with E-state index in [0.29, 0.717) is 13.0 Å². The van der Waals surface area contributed by atoms with Crippen LogP contribution in [0.2, 0.25) is 0 Å². The van der Waals surface area contributed by atoms with E-state index in [-0.39, 0.29) is 11.5 Å². The van der Waals surface area contributed by atoms with Crippen LogP contribution in [0.15, 0.2) is 0 Å². The van der Waals surface area contributed by atoms with Crippen molar-refractivity contribution in [3.63, 3.8) is 0 Å². The highest BCUT2D eigenvalue weighted by atomic mass is 35.7. The summed E-state index contributed by atoms with van der Waals surface area (Å²) >= 11 is 0. The van der Waals surface area contributed by atoms with Crippen molar-refractivity contribution < 1.29 is 16.8 Å². The van der Waals surface area contributed by atoms with Crippen LogP contribution < -0.4 is 0 Å². The Bertz CT molecular complexity index is 402. The molecule has 1 aliphatic heterocycles. The Kier molecular flexibility index (Phi) is 3.45. The molecule has 0 radical (unpaired) electrons. The summed E-state index contributed by atoms with van der Waals surface area (Å²) in [5.74, 6) is -0.292. The van der Waals surface area contributed by atoms with Crippen LogP contribution in [0.25, 0.3) is 0 Å². The van der Waals surface area contributed by atoms with E-state index in [9.17, 15) is 16.8 Å². The summed E-state index contributed by atoms with van der Waals surface area (Å²) in [7, 11) is -1.80. The molecular formula is C6H12ClNO4S2. The summed E-state index contributed by atoms with van der Waals surface area (Å²) in [6.07, 6.45) is 0.335. The predicted octanol–water partition coefficient (Wildman–Crippen LogP) is -0.0210. The van der Waals surface area contributed by atoms with Crippen molar-refractivity contribution in [1.82, 2.24) is 4.31 Å². The summed E-state index contributed by atoms with van der Waals surface area (Å²) < 4.78 is 45.6. The maximum absolute atomic E-state index is 11.4. The lowest BCUT2D eigenvalue weighted by Crippen LogP contribution is -2.36. The third-order valence-corrected chi connectivity index (χ3v) is 5.36. The van der Waals surface area contributed by atoms with E-state index >= 15 is 0 Å². The number of hydrogen-bond acceptors (Lipinski definition) is 4. The van der Waals surface area contributed by atoms with Crippen LogP contribution in [-0.2, 0) is 19.1 Å². The monoisotopic (exact) mass is 261 g/mol. The molecule has 1 rings (SSSR count). The third-order valence-electron chi connectivity index (χ3n) is 2.18. The lowest BCUT2D eigenvalue weighted by atomic mass is 10.2. The van der Waals surface area contributed by atoms with Crippen molar-refractivity contribution in [2.45, 2.75) is 19.4 Å². The van der Waals surface area contributed by atoms with Gasteiger partial charge in [-0.3, -0.25) is 0 Å². The first-order valence-corrected chi connectivity index (χ1v) is 8.27. The summed E-state index contributed by atoms with van der Waals surface area (Å²) in [6, 6.07) is -0.493. The fourth-order valence-electron chi connectivity index (χ4n) is 1.62. The standard InChI is InChI=1S/C6H12ClNO4S2/c1-2-8-6(5-13(7,9)10)3-4-14(8,11)12/h6H,2-5H2,1H3. The fraction of sp³-hybridized carbons (Fsp3) is 1.00. The molecule has 1 fully saturated rings. The fourth-order valence-corrected chi connectivity index (χ4v) is 4.79. The van der Waals surface area contributed by atoms with Crippen molar-refractivity contribution in [2.24, 2.45) is 0 Å². The second-order valence-corrected chi connectivity index (χ2v) is 8.03. The Balaban J connectivity index is 2.84. The summed E-state index contributed by atoms with van der Waals surface area (Å²) in [6.45, 7) is 1.97. The molecule has 0 aromatic rings. The number of rotatable bonds is 3.